The molecule has 0 bridgehead atoms. The second-order valence-electron chi connectivity index (χ2n) is 4.22. The van der Waals surface area contributed by atoms with Crippen LogP contribution in [0.3, 0.4) is 0 Å². The van der Waals surface area contributed by atoms with Gasteiger partial charge in [-0.25, -0.2) is 8.42 Å². The zero-order valence-electron chi connectivity index (χ0n) is 10.9. The Labute approximate surface area is 109 Å². The van der Waals surface area contributed by atoms with Gasteiger partial charge < -0.3 is 10.5 Å². The number of rotatable bonds is 7. The fraction of sp³-hybridized carbons (Fsp3) is 0.538. The first-order chi connectivity index (χ1) is 8.48. The summed E-state index contributed by atoms with van der Waals surface area (Å²) in [4.78, 5) is 0. The fourth-order valence-corrected chi connectivity index (χ4v) is 2.49. The lowest BCUT2D eigenvalue weighted by Crippen LogP contribution is -2.22. The molecule has 1 rings (SSSR count). The minimum absolute atomic E-state index is 0.0152. The van der Waals surface area contributed by atoms with Gasteiger partial charge in [-0.2, -0.15) is 0 Å². The molecule has 0 saturated heterocycles. The average molecular weight is 271 g/mol. The van der Waals surface area contributed by atoms with Gasteiger partial charge >= 0.3 is 0 Å². The minimum atomic E-state index is -3.05. The number of hydrogen-bond acceptors (Lipinski definition) is 4. The summed E-state index contributed by atoms with van der Waals surface area (Å²) in [6.45, 7) is 4.35. The van der Waals surface area contributed by atoms with Crippen molar-refractivity contribution in [1.82, 2.24) is 0 Å². The third kappa shape index (κ3) is 4.66. The topological polar surface area (TPSA) is 69.4 Å². The van der Waals surface area contributed by atoms with E-state index in [1.165, 1.54) is 0 Å². The lowest BCUT2D eigenvalue weighted by molar-refractivity contribution is 0.317. The highest BCUT2D eigenvalue weighted by molar-refractivity contribution is 7.91. The van der Waals surface area contributed by atoms with Gasteiger partial charge in [-0.1, -0.05) is 26.0 Å². The summed E-state index contributed by atoms with van der Waals surface area (Å²) in [6.07, 6.45) is 0.954. The van der Waals surface area contributed by atoms with E-state index in [-0.39, 0.29) is 11.5 Å². The van der Waals surface area contributed by atoms with Crippen molar-refractivity contribution >= 4 is 9.84 Å². The highest BCUT2D eigenvalue weighted by Crippen LogP contribution is 2.18. The van der Waals surface area contributed by atoms with Crippen LogP contribution in [0.15, 0.2) is 24.3 Å². The summed E-state index contributed by atoms with van der Waals surface area (Å²) in [7, 11) is -3.05. The molecular formula is C13H21NO3S. The van der Waals surface area contributed by atoms with Crippen molar-refractivity contribution in [3.63, 3.8) is 0 Å². The average Bonchev–Trinajstić information content (AvgIpc) is 2.36. The van der Waals surface area contributed by atoms with Crippen LogP contribution in [-0.2, 0) is 9.84 Å². The van der Waals surface area contributed by atoms with Crippen molar-refractivity contribution in [2.45, 2.75) is 26.3 Å². The predicted molar refractivity (Wildman–Crippen MR) is 73.5 cm³/mol. The molecular weight excluding hydrogens is 250 g/mol. The first-order valence-electron chi connectivity index (χ1n) is 6.17. The molecule has 5 heteroatoms. The SMILES string of the molecule is CCCOc1ccc(C(N)CS(=O)(=O)CC)cc1. The number of sulfone groups is 1. The Balaban J connectivity index is 2.67. The first kappa shape index (κ1) is 15.0. The molecule has 1 atom stereocenters. The summed E-state index contributed by atoms with van der Waals surface area (Å²) in [5.41, 5.74) is 6.70. The summed E-state index contributed by atoms with van der Waals surface area (Å²) < 4.78 is 28.4. The van der Waals surface area contributed by atoms with Crippen LogP contribution in [0.5, 0.6) is 5.75 Å². The molecule has 1 aromatic carbocycles. The van der Waals surface area contributed by atoms with Gasteiger partial charge in [-0.05, 0) is 24.1 Å². The summed E-state index contributed by atoms with van der Waals surface area (Å²) in [6, 6.07) is 6.81. The molecule has 0 saturated carbocycles. The zero-order chi connectivity index (χ0) is 13.6. The van der Waals surface area contributed by atoms with E-state index in [4.69, 9.17) is 10.5 Å². The van der Waals surface area contributed by atoms with Crippen LogP contribution in [0.25, 0.3) is 0 Å². The summed E-state index contributed by atoms with van der Waals surface area (Å²) >= 11 is 0. The quantitative estimate of drug-likeness (QED) is 0.822. The minimum Gasteiger partial charge on any atom is -0.494 e. The number of hydrogen-bond donors (Lipinski definition) is 1. The van der Waals surface area contributed by atoms with Crippen molar-refractivity contribution in [2.24, 2.45) is 5.73 Å². The standard InChI is InChI=1S/C13H21NO3S/c1-3-9-17-12-7-5-11(6-8-12)13(14)10-18(15,16)4-2/h5-8,13H,3-4,9-10,14H2,1-2H3. The van der Waals surface area contributed by atoms with Crippen molar-refractivity contribution in [1.29, 1.82) is 0 Å². The second kappa shape index (κ2) is 6.75. The van der Waals surface area contributed by atoms with Gasteiger partial charge in [-0.15, -0.1) is 0 Å². The van der Waals surface area contributed by atoms with E-state index >= 15 is 0 Å². The summed E-state index contributed by atoms with van der Waals surface area (Å²) in [5.74, 6) is 0.892. The fourth-order valence-electron chi connectivity index (χ4n) is 1.52. The van der Waals surface area contributed by atoms with E-state index in [0.717, 1.165) is 17.7 Å². The van der Waals surface area contributed by atoms with Crippen LogP contribution in [0.4, 0.5) is 0 Å². The third-order valence-corrected chi connectivity index (χ3v) is 4.40. The normalized spacial score (nSPS) is 13.3. The van der Waals surface area contributed by atoms with Gasteiger partial charge in [0.25, 0.3) is 0 Å². The van der Waals surface area contributed by atoms with Crippen molar-refractivity contribution in [3.05, 3.63) is 29.8 Å². The Bertz CT molecular complexity index is 454. The van der Waals surface area contributed by atoms with Crippen LogP contribution in [0, 0.1) is 0 Å². The van der Waals surface area contributed by atoms with E-state index in [1.807, 2.05) is 31.2 Å². The van der Waals surface area contributed by atoms with Crippen molar-refractivity contribution in [3.8, 4) is 5.75 Å². The van der Waals surface area contributed by atoms with Crippen LogP contribution < -0.4 is 10.5 Å². The molecule has 4 nitrogen and oxygen atoms in total. The van der Waals surface area contributed by atoms with Crippen molar-refractivity contribution < 1.29 is 13.2 Å². The molecule has 1 aromatic rings. The third-order valence-electron chi connectivity index (χ3n) is 2.65. The zero-order valence-corrected chi connectivity index (χ0v) is 11.7. The number of nitrogens with two attached hydrogens (primary N) is 1. The lowest BCUT2D eigenvalue weighted by atomic mass is 10.1. The number of ether oxygens (including phenoxy) is 1. The molecule has 0 amide bonds. The molecule has 0 aliphatic heterocycles. The molecule has 0 aliphatic rings. The highest BCUT2D eigenvalue weighted by atomic mass is 32.2. The molecule has 1 unspecified atom stereocenters. The lowest BCUT2D eigenvalue weighted by Gasteiger charge is -2.12. The van der Waals surface area contributed by atoms with Crippen LogP contribution in [0.2, 0.25) is 0 Å². The largest absolute Gasteiger partial charge is 0.494 e. The summed E-state index contributed by atoms with van der Waals surface area (Å²) in [5, 5.41) is 0. The van der Waals surface area contributed by atoms with Gasteiger partial charge in [0.2, 0.25) is 0 Å². The van der Waals surface area contributed by atoms with Crippen LogP contribution in [-0.4, -0.2) is 26.5 Å². The van der Waals surface area contributed by atoms with E-state index in [0.29, 0.717) is 6.61 Å². The van der Waals surface area contributed by atoms with E-state index in [1.54, 1.807) is 6.92 Å². The van der Waals surface area contributed by atoms with Gasteiger partial charge in [0.05, 0.1) is 12.4 Å². The van der Waals surface area contributed by atoms with Gasteiger partial charge in [0.1, 0.15) is 5.75 Å². The van der Waals surface area contributed by atoms with E-state index in [9.17, 15) is 8.42 Å². The Morgan fingerprint density at radius 2 is 1.83 bits per heavy atom. The molecule has 102 valence electrons. The maximum absolute atomic E-state index is 11.5. The molecule has 0 aliphatic carbocycles. The Kier molecular flexibility index (Phi) is 5.62. The molecule has 0 aromatic heterocycles. The molecule has 0 fully saturated rings. The van der Waals surface area contributed by atoms with Gasteiger partial charge in [-0.3, -0.25) is 0 Å². The van der Waals surface area contributed by atoms with Crippen LogP contribution >= 0.6 is 0 Å². The Hall–Kier alpha value is -1.07. The smallest absolute Gasteiger partial charge is 0.151 e. The second-order valence-corrected chi connectivity index (χ2v) is 6.62. The molecule has 0 spiro atoms. The Morgan fingerprint density at radius 3 is 2.33 bits per heavy atom. The maximum Gasteiger partial charge on any atom is 0.151 e. The maximum atomic E-state index is 11.5. The molecule has 2 N–H and O–H groups in total. The first-order valence-corrected chi connectivity index (χ1v) is 7.99. The number of benzene rings is 1. The highest BCUT2D eigenvalue weighted by Gasteiger charge is 2.15. The van der Waals surface area contributed by atoms with Gasteiger partial charge in [0, 0.05) is 11.8 Å². The predicted octanol–water partition coefficient (Wildman–Crippen LogP) is 1.91. The van der Waals surface area contributed by atoms with Gasteiger partial charge in [0.15, 0.2) is 9.84 Å². The monoisotopic (exact) mass is 271 g/mol. The van der Waals surface area contributed by atoms with E-state index in [2.05, 4.69) is 0 Å². The Morgan fingerprint density at radius 1 is 1.22 bits per heavy atom. The van der Waals surface area contributed by atoms with Crippen LogP contribution in [0.1, 0.15) is 31.9 Å². The molecule has 0 radical (unpaired) electrons. The van der Waals surface area contributed by atoms with Crippen molar-refractivity contribution in [2.75, 3.05) is 18.1 Å². The molecule has 18 heavy (non-hydrogen) atoms. The van der Waals surface area contributed by atoms with E-state index < -0.39 is 15.9 Å². The molecule has 0 heterocycles.